The molecule has 0 saturated heterocycles. The van der Waals surface area contributed by atoms with Crippen LogP contribution in [0.3, 0.4) is 0 Å². The van der Waals surface area contributed by atoms with Crippen LogP contribution in [0.4, 0.5) is 4.79 Å². The first kappa shape index (κ1) is 112. The number of phosphoric acid groups is 2. The van der Waals surface area contributed by atoms with E-state index in [9.17, 15) is 52.5 Å². The van der Waals surface area contributed by atoms with Crippen LogP contribution in [0.5, 0.6) is 0 Å². The van der Waals surface area contributed by atoms with Crippen LogP contribution in [-0.4, -0.2) is 141 Å². The molecule has 0 fully saturated rings. The zero-order valence-corrected chi connectivity index (χ0v) is 76.5. The van der Waals surface area contributed by atoms with E-state index in [1.807, 2.05) is 0 Å². The molecule has 0 aromatic rings. The van der Waals surface area contributed by atoms with E-state index in [0.717, 1.165) is 141 Å². The number of unbranched alkanes of at least 4 members (excludes halogenated alkanes) is 34. The Bertz CT molecular complexity index is 2240. The first-order chi connectivity index (χ1) is 52.3. The Morgan fingerprint density at radius 3 is 0.964 bits per heavy atom. The Labute approximate surface area is 714 Å². The number of ether oxygens (including phenoxy) is 4. The third-order valence-electron chi connectivity index (χ3n) is 18.7. The van der Waals surface area contributed by atoms with Crippen molar-refractivity contribution in [3.63, 3.8) is 0 Å². The van der Waals surface area contributed by atoms with Crippen molar-refractivity contribution in [2.75, 3.05) is 65.9 Å². The number of carbonyl (C=O) groups is 7. The minimum absolute atomic E-state index is 0. The number of amides is 4. The molecule has 27 heteroatoms. The van der Waals surface area contributed by atoms with Gasteiger partial charge in [0.05, 0.1) is 77.8 Å². The van der Waals surface area contributed by atoms with Gasteiger partial charge in [0.1, 0.15) is 23.8 Å². The number of hydrogen-bond donors (Lipinski definition) is 6. The molecule has 0 rings (SSSR count). The molecule has 636 valence electrons. The van der Waals surface area contributed by atoms with Gasteiger partial charge < -0.3 is 52.9 Å². The maximum atomic E-state index is 13.3. The molecule has 110 heavy (non-hydrogen) atoms. The van der Waals surface area contributed by atoms with E-state index in [1.54, 1.807) is 0 Å². The van der Waals surface area contributed by atoms with Crippen molar-refractivity contribution in [1.82, 2.24) is 21.3 Å². The number of Topliss-reactive ketones (excluding diaryl/α,β-unsaturated/α-hetero) is 2. The molecule has 4 unspecified atom stereocenters. The van der Waals surface area contributed by atoms with E-state index in [1.165, 1.54) is 103 Å². The minimum Gasteiger partial charge on any atom is -1.00 e. The van der Waals surface area contributed by atoms with Crippen LogP contribution in [0.15, 0.2) is 24.3 Å². The fourth-order valence-corrected chi connectivity index (χ4v) is 13.7. The van der Waals surface area contributed by atoms with Crippen LogP contribution >= 0.6 is 15.6 Å². The molecule has 0 aliphatic carbocycles. The zero-order valence-electron chi connectivity index (χ0n) is 72.7. The van der Waals surface area contributed by atoms with Crippen LogP contribution in [0.1, 0.15) is 378 Å². The second-order valence-corrected chi connectivity index (χ2v) is 32.2. The van der Waals surface area contributed by atoms with E-state index >= 15 is 0 Å². The Balaban J connectivity index is -0.00000954. The minimum atomic E-state index is -4.81. The molecule has 0 aliphatic rings. The summed E-state index contributed by atoms with van der Waals surface area (Å²) in [6, 6.07) is -2.75. The van der Waals surface area contributed by atoms with Gasteiger partial charge in [0.25, 0.3) is 0 Å². The summed E-state index contributed by atoms with van der Waals surface area (Å²) in [6.45, 7) is 10.4. The molecule has 0 aromatic carbocycles. The molecule has 4 amide bonds. The number of carbonyl (C=O) groups excluding carboxylic acids is 7. The monoisotopic (exact) mass is 1620 g/mol. The molecule has 0 heterocycles. The van der Waals surface area contributed by atoms with E-state index < -0.39 is 84.2 Å². The van der Waals surface area contributed by atoms with Crippen molar-refractivity contribution in [2.45, 2.75) is 400 Å². The van der Waals surface area contributed by atoms with Gasteiger partial charge in [0.2, 0.25) is 11.8 Å². The van der Waals surface area contributed by atoms with Crippen molar-refractivity contribution in [1.29, 1.82) is 0 Å². The van der Waals surface area contributed by atoms with Gasteiger partial charge in [-0.25, -0.2) is 13.9 Å². The normalized spacial score (nSPS) is 13.7. The maximum absolute atomic E-state index is 13.3. The molecular formula is C83H158N4Na2O19P2. The predicted octanol–water partition coefficient (Wildman–Crippen LogP) is 14.3. The van der Waals surface area contributed by atoms with Gasteiger partial charge in [-0.05, 0) is 89.9 Å². The van der Waals surface area contributed by atoms with Crippen molar-refractivity contribution in [3.8, 4) is 0 Å². The van der Waals surface area contributed by atoms with Gasteiger partial charge in [-0.3, -0.25) is 46.9 Å². The Morgan fingerprint density at radius 1 is 0.345 bits per heavy atom. The Kier molecular flexibility index (Phi) is 83.9. The topological polar surface area (TPSA) is 316 Å². The van der Waals surface area contributed by atoms with E-state index in [2.05, 4.69) is 87.1 Å². The standard InChI is InChI=1S/C83H156N4O19P2.2Na.2H/c1-7-13-19-25-29-33-37-43-47-53-75(88)67-79(90)86-73(69-99-63-59-77(55-49-41-23-17-11-5)105-81(92)57-51-45-39-35-31-27-21-15-9-3)71-103-107(95,96)101-65-61-84-83(94)85-62-66-102-108(97,98)104-72-74(87-80(91)68-76(89)54-48-44-38-34-30-26-20-14-8-2)70-100-64-60-78(56-50-42-24-18-12-6)106-82(93)58-52-46-40-36-32-28-22-16-10-4;;;;/h35-36,39-40,73-74,77-78H,7-34,37-38,41-72H2,1-6H3,(H,86,90)(H,87,91)(H,95,96)(H,97,98)(H2,84,85,94);;;;/q;2*+1;2*-1/b39-35-,40-36-;;;;/t73?,74?,77-,78-;;;;/m1..../s1. The van der Waals surface area contributed by atoms with E-state index in [0.29, 0.717) is 64.2 Å². The molecule has 0 bridgehead atoms. The molecule has 6 atom stereocenters. The summed E-state index contributed by atoms with van der Waals surface area (Å²) >= 11 is 0. The van der Waals surface area contributed by atoms with Crippen molar-refractivity contribution in [3.05, 3.63) is 24.3 Å². The second kappa shape index (κ2) is 82.2. The first-order valence-electron chi connectivity index (χ1n) is 43.0. The van der Waals surface area contributed by atoms with E-state index in [4.69, 9.17) is 37.0 Å². The molecule has 0 saturated carbocycles. The molecule has 6 N–H and O–H groups in total. The number of urea groups is 1. The van der Waals surface area contributed by atoms with Crippen molar-refractivity contribution >= 4 is 57.0 Å². The van der Waals surface area contributed by atoms with Gasteiger partial charge >= 0.3 is 92.7 Å². The van der Waals surface area contributed by atoms with Crippen LogP contribution in [-0.2, 0) is 74.9 Å². The van der Waals surface area contributed by atoms with E-state index in [-0.39, 0.29) is 151 Å². The summed E-state index contributed by atoms with van der Waals surface area (Å²) in [5.41, 5.74) is 0. The molecule has 0 aliphatic heterocycles. The average molecular weight is 1620 g/mol. The number of phosphoric ester groups is 2. The smallest absolute Gasteiger partial charge is 1.00 e. The summed E-state index contributed by atoms with van der Waals surface area (Å²) < 4.78 is 71.1. The summed E-state index contributed by atoms with van der Waals surface area (Å²) in [7, 11) is -9.61. The van der Waals surface area contributed by atoms with Crippen LogP contribution in [0.25, 0.3) is 0 Å². The summed E-state index contributed by atoms with van der Waals surface area (Å²) in [4.78, 5) is 113. The summed E-state index contributed by atoms with van der Waals surface area (Å²) in [5, 5.41) is 10.3. The Morgan fingerprint density at radius 2 is 0.636 bits per heavy atom. The van der Waals surface area contributed by atoms with Gasteiger partial charge in [-0.1, -0.05) is 258 Å². The SMILES string of the molecule is CCCCCC/C=C\CCCC(=O)O[C@H](CCCCCCC)CCOCC(COP(=O)(O)OCCNC(=O)NCCOP(=O)(O)OCC(COCC[C@@H](CCCCCCC)OC(=O)CCC/C=C\CCCCCC)NC(=O)CC(=O)CCCCCCCCCCC)NC(=O)CC(=O)CCCCCCCCCCC.[H-].[H-].[Na+].[Na+]. The molecule has 0 radical (unpaired) electrons. The van der Waals surface area contributed by atoms with Gasteiger partial charge in [-0.2, -0.15) is 0 Å². The number of ketones is 2. The second-order valence-electron chi connectivity index (χ2n) is 29.3. The van der Waals surface area contributed by atoms with Crippen LogP contribution in [0, 0.1) is 0 Å². The number of hydrogen-bond acceptors (Lipinski definition) is 17. The predicted molar refractivity (Wildman–Crippen MR) is 435 cm³/mol. The maximum Gasteiger partial charge on any atom is 1.00 e. The molecule has 0 aromatic heterocycles. The third-order valence-corrected chi connectivity index (χ3v) is 20.6. The molecule has 23 nitrogen and oxygen atoms in total. The van der Waals surface area contributed by atoms with Gasteiger partial charge in [0.15, 0.2) is 0 Å². The first-order valence-corrected chi connectivity index (χ1v) is 46.0. The van der Waals surface area contributed by atoms with Crippen molar-refractivity contribution in [2.24, 2.45) is 0 Å². The quantitative estimate of drug-likeness (QED) is 0.00823. The molecule has 0 spiro atoms. The fraction of sp³-hybridized carbons (Fsp3) is 0.867. The number of allylic oxidation sites excluding steroid dienone is 4. The third kappa shape index (κ3) is 78.6. The number of esters is 2. The van der Waals surface area contributed by atoms with Crippen LogP contribution in [0.2, 0.25) is 0 Å². The zero-order chi connectivity index (χ0) is 79.5. The largest absolute Gasteiger partial charge is 1.00 e. The van der Waals surface area contributed by atoms with Gasteiger partial charge in [-0.15, -0.1) is 0 Å². The average Bonchev–Trinajstić information content (AvgIpc) is 0.911. The number of nitrogens with one attached hydrogen (secondary N) is 4. The number of rotatable bonds is 82. The summed E-state index contributed by atoms with van der Waals surface area (Å²) in [5.74, 6) is -2.18. The van der Waals surface area contributed by atoms with Gasteiger partial charge in [0, 0.05) is 51.6 Å². The Hall–Kier alpha value is -1.89. The fourth-order valence-electron chi connectivity index (χ4n) is 12.2. The van der Waals surface area contributed by atoms with Crippen molar-refractivity contribution < 1.29 is 151 Å². The van der Waals surface area contributed by atoms with Crippen LogP contribution < -0.4 is 80.4 Å². The molecular weight excluding hydrogens is 1460 g/mol. The summed E-state index contributed by atoms with van der Waals surface area (Å²) in [6.07, 6.45) is 54.8.